The van der Waals surface area contributed by atoms with Gasteiger partial charge in [-0.3, -0.25) is 0 Å². The van der Waals surface area contributed by atoms with Crippen LogP contribution in [0.3, 0.4) is 0 Å². The van der Waals surface area contributed by atoms with Crippen LogP contribution < -0.4 is 11.5 Å². The molecule has 1 heterocycles. The Balaban J connectivity index is 2.93. The van der Waals surface area contributed by atoms with Gasteiger partial charge in [0.2, 0.25) is 0 Å². The van der Waals surface area contributed by atoms with Crippen molar-refractivity contribution in [3.63, 3.8) is 0 Å². The van der Waals surface area contributed by atoms with Crippen LogP contribution in [0.4, 0.5) is 0 Å². The molecule has 0 bridgehead atoms. The molecular weight excluding hydrogens is 206 g/mol. The van der Waals surface area contributed by atoms with E-state index in [-0.39, 0.29) is 6.04 Å². The van der Waals surface area contributed by atoms with Crippen molar-refractivity contribution < 1.29 is 0 Å². The Labute approximate surface area is 73.9 Å². The van der Waals surface area contributed by atoms with E-state index in [2.05, 4.69) is 20.9 Å². The number of rotatable bonds is 2. The minimum atomic E-state index is -0.127. The second-order valence-corrected chi connectivity index (χ2v) is 2.98. The number of hydrogen-bond acceptors (Lipinski definition) is 3. The molecule has 0 spiro atoms. The predicted molar refractivity (Wildman–Crippen MR) is 47.9 cm³/mol. The van der Waals surface area contributed by atoms with Gasteiger partial charge in [0.05, 0.1) is 0 Å². The molecule has 0 unspecified atom stereocenters. The first-order chi connectivity index (χ1) is 5.25. The minimum absolute atomic E-state index is 0.127. The van der Waals surface area contributed by atoms with E-state index in [4.69, 9.17) is 11.5 Å². The van der Waals surface area contributed by atoms with Crippen LogP contribution in [0.25, 0.3) is 0 Å². The van der Waals surface area contributed by atoms with E-state index < -0.39 is 0 Å². The number of nitrogens with two attached hydrogens (primary N) is 2. The summed E-state index contributed by atoms with van der Waals surface area (Å²) in [4.78, 5) is 4.03. The Bertz CT molecular complexity index is 239. The summed E-state index contributed by atoms with van der Waals surface area (Å²) in [7, 11) is 0. The van der Waals surface area contributed by atoms with Crippen LogP contribution in [0.5, 0.6) is 0 Å². The van der Waals surface area contributed by atoms with Gasteiger partial charge in [-0.25, -0.2) is 4.98 Å². The third-order valence-electron chi connectivity index (χ3n) is 1.44. The van der Waals surface area contributed by atoms with Gasteiger partial charge in [0, 0.05) is 24.3 Å². The summed E-state index contributed by atoms with van der Waals surface area (Å²) < 4.78 is 0.776. The zero-order valence-corrected chi connectivity index (χ0v) is 7.58. The van der Waals surface area contributed by atoms with E-state index in [1.165, 1.54) is 0 Å². The van der Waals surface area contributed by atoms with E-state index in [0.717, 1.165) is 10.2 Å². The van der Waals surface area contributed by atoms with Crippen molar-refractivity contribution in [2.75, 3.05) is 6.54 Å². The lowest BCUT2D eigenvalue weighted by molar-refractivity contribution is 0.728. The average Bonchev–Trinajstić information content (AvgIpc) is 2.04. The van der Waals surface area contributed by atoms with Crippen LogP contribution in [0.15, 0.2) is 22.9 Å². The highest BCUT2D eigenvalue weighted by molar-refractivity contribution is 9.10. The zero-order chi connectivity index (χ0) is 8.27. The molecule has 4 heteroatoms. The molecule has 1 atom stereocenters. The first-order valence-corrected chi connectivity index (χ1v) is 4.11. The minimum Gasteiger partial charge on any atom is -0.329 e. The summed E-state index contributed by atoms with van der Waals surface area (Å²) in [5.74, 6) is 0. The summed E-state index contributed by atoms with van der Waals surface area (Å²) >= 11 is 3.29. The quantitative estimate of drug-likeness (QED) is 0.718. The third-order valence-corrected chi connectivity index (χ3v) is 2.10. The van der Waals surface area contributed by atoms with Crippen molar-refractivity contribution in [3.05, 3.63) is 28.5 Å². The highest BCUT2D eigenvalue weighted by atomic mass is 79.9. The molecule has 0 radical (unpaired) electrons. The summed E-state index contributed by atoms with van der Waals surface area (Å²) in [6.07, 6.45) is 1.71. The van der Waals surface area contributed by atoms with Crippen LogP contribution in [0.2, 0.25) is 0 Å². The molecule has 0 aromatic carbocycles. The van der Waals surface area contributed by atoms with Gasteiger partial charge in [-0.2, -0.15) is 0 Å². The lowest BCUT2D eigenvalue weighted by Gasteiger charge is -2.09. The fourth-order valence-corrected chi connectivity index (χ4v) is 1.35. The van der Waals surface area contributed by atoms with E-state index in [1.807, 2.05) is 12.1 Å². The second-order valence-electron chi connectivity index (χ2n) is 2.23. The number of hydrogen-bond donors (Lipinski definition) is 2. The Morgan fingerprint density at radius 1 is 1.64 bits per heavy atom. The van der Waals surface area contributed by atoms with E-state index in [9.17, 15) is 0 Å². The maximum Gasteiger partial charge on any atom is 0.110 e. The van der Waals surface area contributed by atoms with Crippen molar-refractivity contribution in [2.24, 2.45) is 11.5 Å². The van der Waals surface area contributed by atoms with Gasteiger partial charge in [0.15, 0.2) is 0 Å². The molecule has 0 saturated carbocycles. The summed E-state index contributed by atoms with van der Waals surface area (Å²) in [6, 6.07) is 3.63. The largest absolute Gasteiger partial charge is 0.329 e. The highest BCUT2D eigenvalue weighted by Gasteiger charge is 2.06. The fourth-order valence-electron chi connectivity index (χ4n) is 0.802. The summed E-state index contributed by atoms with van der Waals surface area (Å²) in [5, 5.41) is 0. The van der Waals surface area contributed by atoms with Crippen LogP contribution in [0.1, 0.15) is 11.6 Å². The molecule has 0 amide bonds. The van der Waals surface area contributed by atoms with Gasteiger partial charge in [-0.05, 0) is 22.0 Å². The maximum absolute atomic E-state index is 5.70. The molecule has 1 aromatic heterocycles. The van der Waals surface area contributed by atoms with Crippen LogP contribution in [0, 0.1) is 0 Å². The molecule has 1 rings (SSSR count). The molecule has 0 saturated heterocycles. The molecule has 1 aromatic rings. The average molecular weight is 216 g/mol. The summed E-state index contributed by atoms with van der Waals surface area (Å²) in [5.41, 5.74) is 12.1. The molecule has 4 N–H and O–H groups in total. The SMILES string of the molecule is NC[C@H](N)c1cccnc1Br. The lowest BCUT2D eigenvalue weighted by atomic mass is 10.1. The summed E-state index contributed by atoms with van der Waals surface area (Å²) in [6.45, 7) is 0.435. The first kappa shape index (κ1) is 8.64. The molecule has 0 fully saturated rings. The second kappa shape index (κ2) is 3.80. The topological polar surface area (TPSA) is 64.9 Å². The van der Waals surface area contributed by atoms with Gasteiger partial charge in [0.25, 0.3) is 0 Å². The predicted octanol–water partition coefficient (Wildman–Crippen LogP) is 0.803. The Hall–Kier alpha value is -0.450. The Morgan fingerprint density at radius 2 is 2.36 bits per heavy atom. The molecule has 0 aliphatic heterocycles. The first-order valence-electron chi connectivity index (χ1n) is 3.31. The third kappa shape index (κ3) is 1.99. The van der Waals surface area contributed by atoms with E-state index >= 15 is 0 Å². The maximum atomic E-state index is 5.70. The standard InChI is InChI=1S/C7H10BrN3/c8-7-5(6(10)4-9)2-1-3-11-7/h1-3,6H,4,9-10H2/t6-/m0/s1. The van der Waals surface area contributed by atoms with Crippen molar-refractivity contribution in [3.8, 4) is 0 Å². The number of halogens is 1. The fraction of sp³-hybridized carbons (Fsp3) is 0.286. The van der Waals surface area contributed by atoms with E-state index in [0.29, 0.717) is 6.54 Å². The van der Waals surface area contributed by atoms with Gasteiger partial charge in [-0.15, -0.1) is 0 Å². The molecule has 60 valence electrons. The number of nitrogens with zero attached hydrogens (tertiary/aromatic N) is 1. The molecule has 0 aliphatic rings. The van der Waals surface area contributed by atoms with Crippen molar-refractivity contribution in [2.45, 2.75) is 6.04 Å². The molecule has 11 heavy (non-hydrogen) atoms. The Kier molecular flexibility index (Phi) is 2.99. The molecular formula is C7H10BrN3. The van der Waals surface area contributed by atoms with Gasteiger partial charge in [-0.1, -0.05) is 6.07 Å². The molecule has 0 aliphatic carbocycles. The number of pyridine rings is 1. The number of aromatic nitrogens is 1. The van der Waals surface area contributed by atoms with Crippen molar-refractivity contribution in [1.82, 2.24) is 4.98 Å². The smallest absolute Gasteiger partial charge is 0.110 e. The molecule has 3 nitrogen and oxygen atoms in total. The normalized spacial score (nSPS) is 13.0. The zero-order valence-electron chi connectivity index (χ0n) is 6.00. The van der Waals surface area contributed by atoms with Crippen LogP contribution >= 0.6 is 15.9 Å². The van der Waals surface area contributed by atoms with Crippen molar-refractivity contribution >= 4 is 15.9 Å². The Morgan fingerprint density at radius 3 is 2.91 bits per heavy atom. The van der Waals surface area contributed by atoms with Crippen LogP contribution in [-0.2, 0) is 0 Å². The van der Waals surface area contributed by atoms with E-state index in [1.54, 1.807) is 6.20 Å². The monoisotopic (exact) mass is 215 g/mol. The lowest BCUT2D eigenvalue weighted by Crippen LogP contribution is -2.21. The van der Waals surface area contributed by atoms with Gasteiger partial charge < -0.3 is 11.5 Å². The van der Waals surface area contributed by atoms with Gasteiger partial charge >= 0.3 is 0 Å². The van der Waals surface area contributed by atoms with Gasteiger partial charge in [0.1, 0.15) is 4.60 Å². The highest BCUT2D eigenvalue weighted by Crippen LogP contribution is 2.17. The van der Waals surface area contributed by atoms with Crippen molar-refractivity contribution in [1.29, 1.82) is 0 Å². The van der Waals surface area contributed by atoms with Crippen LogP contribution in [-0.4, -0.2) is 11.5 Å².